The molecule has 0 N–H and O–H groups in total. The molecule has 0 spiro atoms. The molecule has 0 aliphatic heterocycles. The Labute approximate surface area is 79.3 Å². The summed E-state index contributed by atoms with van der Waals surface area (Å²) in [7, 11) is 0. The normalized spacial score (nSPS) is 26.9. The van der Waals surface area contributed by atoms with E-state index in [0.29, 0.717) is 11.0 Å². The Morgan fingerprint density at radius 1 is 1.25 bits per heavy atom. The smallest absolute Gasteiger partial charge is 0.146 e. The maximum Gasteiger partial charge on any atom is 0.146 e. The molecule has 0 aromatic heterocycles. The Morgan fingerprint density at radius 3 is 2.00 bits per heavy atom. The van der Waals surface area contributed by atoms with Crippen LogP contribution < -0.4 is 0 Å². The van der Waals surface area contributed by atoms with Crippen molar-refractivity contribution in [3.63, 3.8) is 0 Å². The standard InChI is InChI=1S/C10H18OS/c1-6-12-8-9(2,3)7(11)10(8,4)5/h8H,6H2,1-5H3. The Morgan fingerprint density at radius 2 is 1.67 bits per heavy atom. The Kier molecular flexibility index (Phi) is 2.32. The largest absolute Gasteiger partial charge is 0.298 e. The summed E-state index contributed by atoms with van der Waals surface area (Å²) in [6, 6.07) is 0. The number of carbonyl (C=O) groups is 1. The van der Waals surface area contributed by atoms with Crippen molar-refractivity contribution in [3.8, 4) is 0 Å². The average molecular weight is 186 g/mol. The van der Waals surface area contributed by atoms with Gasteiger partial charge in [0.1, 0.15) is 5.78 Å². The summed E-state index contributed by atoms with van der Waals surface area (Å²) in [4.78, 5) is 11.7. The fraction of sp³-hybridized carbons (Fsp3) is 0.900. The Bertz CT molecular complexity index is 188. The summed E-state index contributed by atoms with van der Waals surface area (Å²) in [6.07, 6.45) is 0. The molecule has 0 bridgehead atoms. The third-order valence-corrected chi connectivity index (χ3v) is 4.66. The number of hydrogen-bond acceptors (Lipinski definition) is 2. The van der Waals surface area contributed by atoms with Crippen molar-refractivity contribution < 1.29 is 4.79 Å². The minimum atomic E-state index is -0.0931. The summed E-state index contributed by atoms with van der Waals surface area (Å²) < 4.78 is 0. The molecule has 0 radical (unpaired) electrons. The molecule has 0 saturated heterocycles. The number of carbonyl (C=O) groups excluding carboxylic acids is 1. The third-order valence-electron chi connectivity index (χ3n) is 2.81. The van der Waals surface area contributed by atoms with Crippen molar-refractivity contribution in [1.29, 1.82) is 0 Å². The van der Waals surface area contributed by atoms with Crippen molar-refractivity contribution in [3.05, 3.63) is 0 Å². The van der Waals surface area contributed by atoms with Crippen LogP contribution in [-0.2, 0) is 4.79 Å². The molecular formula is C10H18OS. The Balaban J connectivity index is 2.79. The van der Waals surface area contributed by atoms with Crippen molar-refractivity contribution >= 4 is 17.5 Å². The van der Waals surface area contributed by atoms with Crippen molar-refractivity contribution in [2.24, 2.45) is 10.8 Å². The van der Waals surface area contributed by atoms with Gasteiger partial charge >= 0.3 is 0 Å². The summed E-state index contributed by atoms with van der Waals surface area (Å²) in [6.45, 7) is 10.4. The van der Waals surface area contributed by atoms with Crippen LogP contribution in [0.4, 0.5) is 0 Å². The molecule has 2 heteroatoms. The molecule has 1 rings (SSSR count). The summed E-state index contributed by atoms with van der Waals surface area (Å²) in [5, 5.41) is 0.502. The first kappa shape index (κ1) is 10.1. The molecule has 1 aliphatic carbocycles. The van der Waals surface area contributed by atoms with Crippen LogP contribution in [0.5, 0.6) is 0 Å². The van der Waals surface area contributed by atoms with E-state index < -0.39 is 0 Å². The zero-order valence-electron chi connectivity index (χ0n) is 8.60. The van der Waals surface area contributed by atoms with Gasteiger partial charge in [-0.1, -0.05) is 34.6 Å². The molecule has 1 nitrogen and oxygen atoms in total. The molecule has 0 unspecified atom stereocenters. The highest BCUT2D eigenvalue weighted by atomic mass is 32.2. The van der Waals surface area contributed by atoms with E-state index in [1.165, 1.54) is 0 Å². The van der Waals surface area contributed by atoms with E-state index in [1.54, 1.807) is 0 Å². The Hall–Kier alpha value is 0.0200. The quantitative estimate of drug-likeness (QED) is 0.659. The SMILES string of the molecule is CCSC1C(C)(C)C(=O)C1(C)C. The summed E-state index contributed by atoms with van der Waals surface area (Å²) >= 11 is 1.91. The van der Waals surface area contributed by atoms with Gasteiger partial charge in [-0.25, -0.2) is 0 Å². The second-order valence-electron chi connectivity index (χ2n) is 4.61. The fourth-order valence-electron chi connectivity index (χ4n) is 2.48. The van der Waals surface area contributed by atoms with Gasteiger partial charge in [-0.3, -0.25) is 4.79 Å². The van der Waals surface area contributed by atoms with Crippen LogP contribution in [0.2, 0.25) is 0 Å². The molecule has 0 aromatic carbocycles. The van der Waals surface area contributed by atoms with Gasteiger partial charge < -0.3 is 0 Å². The average Bonchev–Trinajstić information content (AvgIpc) is 1.98. The van der Waals surface area contributed by atoms with E-state index in [-0.39, 0.29) is 10.8 Å². The van der Waals surface area contributed by atoms with E-state index >= 15 is 0 Å². The molecule has 0 atom stereocenters. The summed E-state index contributed by atoms with van der Waals surface area (Å²) in [5.74, 6) is 1.52. The van der Waals surface area contributed by atoms with Crippen LogP contribution in [0.25, 0.3) is 0 Å². The number of hydrogen-bond donors (Lipinski definition) is 0. The monoisotopic (exact) mass is 186 g/mol. The maximum atomic E-state index is 11.7. The molecule has 0 amide bonds. The molecule has 1 saturated carbocycles. The van der Waals surface area contributed by atoms with Crippen LogP contribution >= 0.6 is 11.8 Å². The highest BCUT2D eigenvalue weighted by molar-refractivity contribution is 8.00. The molecule has 12 heavy (non-hydrogen) atoms. The highest BCUT2D eigenvalue weighted by Gasteiger charge is 2.61. The number of Topliss-reactive ketones (excluding diaryl/α,β-unsaturated/α-hetero) is 1. The van der Waals surface area contributed by atoms with Crippen molar-refractivity contribution in [1.82, 2.24) is 0 Å². The second-order valence-corrected chi connectivity index (χ2v) is 5.99. The third kappa shape index (κ3) is 1.12. The fourth-order valence-corrected chi connectivity index (χ4v) is 3.86. The van der Waals surface area contributed by atoms with Gasteiger partial charge in [0.15, 0.2) is 0 Å². The second kappa shape index (κ2) is 2.76. The van der Waals surface area contributed by atoms with Gasteiger partial charge in [0, 0.05) is 16.1 Å². The molecule has 70 valence electrons. The summed E-state index contributed by atoms with van der Waals surface area (Å²) in [5.41, 5.74) is -0.186. The molecule has 0 heterocycles. The van der Waals surface area contributed by atoms with Crippen LogP contribution in [0, 0.1) is 10.8 Å². The van der Waals surface area contributed by atoms with Gasteiger partial charge in [0.25, 0.3) is 0 Å². The van der Waals surface area contributed by atoms with Gasteiger partial charge in [0.2, 0.25) is 0 Å². The minimum Gasteiger partial charge on any atom is -0.298 e. The van der Waals surface area contributed by atoms with Crippen LogP contribution in [0.15, 0.2) is 0 Å². The zero-order chi connectivity index (χ0) is 9.57. The molecular weight excluding hydrogens is 168 g/mol. The topological polar surface area (TPSA) is 17.1 Å². The van der Waals surface area contributed by atoms with Crippen molar-refractivity contribution in [2.45, 2.75) is 39.9 Å². The number of rotatable bonds is 2. The van der Waals surface area contributed by atoms with Gasteiger partial charge in [0.05, 0.1) is 0 Å². The van der Waals surface area contributed by atoms with E-state index in [0.717, 1.165) is 5.75 Å². The molecule has 0 aromatic rings. The zero-order valence-corrected chi connectivity index (χ0v) is 9.42. The van der Waals surface area contributed by atoms with Gasteiger partial charge in [-0.2, -0.15) is 11.8 Å². The van der Waals surface area contributed by atoms with Gasteiger partial charge in [-0.05, 0) is 5.75 Å². The van der Waals surface area contributed by atoms with Crippen LogP contribution in [-0.4, -0.2) is 16.8 Å². The number of thioether (sulfide) groups is 1. The van der Waals surface area contributed by atoms with E-state index in [1.807, 2.05) is 11.8 Å². The first-order chi connectivity index (χ1) is 5.35. The van der Waals surface area contributed by atoms with E-state index in [2.05, 4.69) is 34.6 Å². The minimum absolute atomic E-state index is 0.0931. The molecule has 1 fully saturated rings. The lowest BCUT2D eigenvalue weighted by Gasteiger charge is -2.55. The molecule has 1 aliphatic rings. The van der Waals surface area contributed by atoms with Crippen molar-refractivity contribution in [2.75, 3.05) is 5.75 Å². The lowest BCUT2D eigenvalue weighted by Crippen LogP contribution is -2.62. The highest BCUT2D eigenvalue weighted by Crippen LogP contribution is 2.56. The first-order valence-electron chi connectivity index (χ1n) is 4.51. The predicted molar refractivity (Wildman–Crippen MR) is 54.5 cm³/mol. The first-order valence-corrected chi connectivity index (χ1v) is 5.56. The number of ketones is 1. The lowest BCUT2D eigenvalue weighted by molar-refractivity contribution is -0.150. The van der Waals surface area contributed by atoms with Crippen LogP contribution in [0.1, 0.15) is 34.6 Å². The van der Waals surface area contributed by atoms with E-state index in [9.17, 15) is 4.79 Å². The van der Waals surface area contributed by atoms with Crippen LogP contribution in [0.3, 0.4) is 0 Å². The van der Waals surface area contributed by atoms with Gasteiger partial charge in [-0.15, -0.1) is 0 Å². The maximum absolute atomic E-state index is 11.7. The van der Waals surface area contributed by atoms with E-state index in [4.69, 9.17) is 0 Å². The predicted octanol–water partition coefficient (Wildman–Crippen LogP) is 2.74. The lowest BCUT2D eigenvalue weighted by atomic mass is 9.54.